The fourth-order valence-electron chi connectivity index (χ4n) is 3.79. The fraction of sp³-hybridized carbons (Fsp3) is 0.346. The topological polar surface area (TPSA) is 93.1 Å². The first-order valence-corrected chi connectivity index (χ1v) is 11.0. The summed E-state index contributed by atoms with van der Waals surface area (Å²) < 4.78 is 25.6. The summed E-state index contributed by atoms with van der Waals surface area (Å²) in [7, 11) is 0. The molecular formula is C26H28FNO6. The number of rotatable bonds is 6. The largest absolute Gasteiger partial charge is 0.465 e. The van der Waals surface area contributed by atoms with E-state index in [2.05, 4.69) is 0 Å². The highest BCUT2D eigenvalue weighted by Gasteiger charge is 2.33. The van der Waals surface area contributed by atoms with Crippen molar-refractivity contribution < 1.29 is 33.4 Å². The van der Waals surface area contributed by atoms with Gasteiger partial charge in [-0.25, -0.2) is 14.0 Å². The molecule has 0 aliphatic carbocycles. The number of carboxylic acid groups (broad SMARTS) is 1. The van der Waals surface area contributed by atoms with Crippen LogP contribution in [0.25, 0.3) is 11.1 Å². The molecule has 0 spiro atoms. The van der Waals surface area contributed by atoms with Gasteiger partial charge in [-0.2, -0.15) is 0 Å². The quantitative estimate of drug-likeness (QED) is 0.364. The van der Waals surface area contributed by atoms with Gasteiger partial charge in [-0.05, 0) is 51.0 Å². The van der Waals surface area contributed by atoms with Crippen LogP contribution in [-0.2, 0) is 20.7 Å². The van der Waals surface area contributed by atoms with Crippen molar-refractivity contribution in [1.29, 1.82) is 0 Å². The second-order valence-electron chi connectivity index (χ2n) is 9.03. The molecule has 1 saturated heterocycles. The smallest absolute Gasteiger partial charge is 0.407 e. The van der Waals surface area contributed by atoms with E-state index >= 15 is 0 Å². The highest BCUT2D eigenvalue weighted by molar-refractivity contribution is 5.88. The normalized spacial score (nSPS) is 16.5. The van der Waals surface area contributed by atoms with Gasteiger partial charge in [0, 0.05) is 30.5 Å². The van der Waals surface area contributed by atoms with Crippen molar-refractivity contribution in [3.8, 4) is 16.9 Å². The molecule has 180 valence electrons. The van der Waals surface area contributed by atoms with Gasteiger partial charge in [-0.3, -0.25) is 9.69 Å². The Hall–Kier alpha value is -3.68. The number of benzene rings is 2. The average molecular weight is 470 g/mol. The number of carbonyl (C=O) groups excluding carboxylic acids is 2. The number of likely N-dealkylation sites (tertiary alicyclic amines) is 1. The van der Waals surface area contributed by atoms with Crippen LogP contribution in [0, 0.1) is 5.82 Å². The first-order valence-electron chi connectivity index (χ1n) is 11.0. The van der Waals surface area contributed by atoms with Gasteiger partial charge >= 0.3 is 12.1 Å². The van der Waals surface area contributed by atoms with E-state index in [0.717, 1.165) is 11.0 Å². The van der Waals surface area contributed by atoms with Crippen LogP contribution in [0.4, 0.5) is 9.18 Å². The van der Waals surface area contributed by atoms with E-state index in [1.165, 1.54) is 12.3 Å². The van der Waals surface area contributed by atoms with E-state index in [4.69, 9.17) is 9.47 Å². The van der Waals surface area contributed by atoms with Crippen molar-refractivity contribution >= 4 is 17.8 Å². The van der Waals surface area contributed by atoms with Crippen molar-refractivity contribution in [2.45, 2.75) is 51.7 Å². The second-order valence-corrected chi connectivity index (χ2v) is 9.03. The number of esters is 1. The molecule has 1 amide bonds. The van der Waals surface area contributed by atoms with Crippen LogP contribution in [0.3, 0.4) is 0 Å². The van der Waals surface area contributed by atoms with Gasteiger partial charge in [-0.1, -0.05) is 24.3 Å². The molecule has 8 heteroatoms. The zero-order valence-corrected chi connectivity index (χ0v) is 19.4. The van der Waals surface area contributed by atoms with Gasteiger partial charge < -0.3 is 14.6 Å². The van der Waals surface area contributed by atoms with Crippen molar-refractivity contribution in [1.82, 2.24) is 4.90 Å². The van der Waals surface area contributed by atoms with E-state index < -0.39 is 29.5 Å². The van der Waals surface area contributed by atoms with Crippen LogP contribution < -0.4 is 4.74 Å². The molecule has 1 atom stereocenters. The molecule has 1 unspecified atom stereocenters. The minimum atomic E-state index is -1.14. The summed E-state index contributed by atoms with van der Waals surface area (Å²) in [6, 6.07) is 10.4. The SMILES string of the molecule is CC(C)(C)OC(=O)/C=C/Oc1ccccc1-c1cc(CC2C(=O)CCCN2C(=O)O)ccc1F. The van der Waals surface area contributed by atoms with E-state index in [-0.39, 0.29) is 17.8 Å². The van der Waals surface area contributed by atoms with Crippen molar-refractivity contribution in [3.63, 3.8) is 0 Å². The Bertz CT molecular complexity index is 1100. The Morgan fingerprint density at radius 1 is 1.18 bits per heavy atom. The maximum Gasteiger partial charge on any atom is 0.407 e. The molecule has 3 rings (SSSR count). The maximum absolute atomic E-state index is 14.8. The summed E-state index contributed by atoms with van der Waals surface area (Å²) in [6.07, 6.45) is 2.15. The Balaban J connectivity index is 1.84. The number of nitrogens with zero attached hydrogens (tertiary/aromatic N) is 1. The summed E-state index contributed by atoms with van der Waals surface area (Å²) in [5.74, 6) is -0.894. The Morgan fingerprint density at radius 3 is 2.62 bits per heavy atom. The number of carbonyl (C=O) groups is 3. The Morgan fingerprint density at radius 2 is 1.91 bits per heavy atom. The average Bonchev–Trinajstić information content (AvgIpc) is 2.75. The van der Waals surface area contributed by atoms with Crippen LogP contribution >= 0.6 is 0 Å². The standard InChI is InChI=1S/C26H28FNO6/c1-26(2,3)34-24(30)12-14-33-23-9-5-4-7-18(23)19-15-17(10-11-20(19)27)16-21-22(29)8-6-13-28(21)25(31)32/h4-5,7,9-12,14-15,21H,6,8,13,16H2,1-3H3,(H,31,32)/b14-12+. The molecule has 2 aromatic carbocycles. The van der Waals surface area contributed by atoms with Crippen LogP contribution in [-0.4, -0.2) is 46.0 Å². The van der Waals surface area contributed by atoms with Gasteiger partial charge in [0.25, 0.3) is 0 Å². The lowest BCUT2D eigenvalue weighted by Gasteiger charge is -2.32. The molecule has 1 fully saturated rings. The molecule has 2 aromatic rings. The first kappa shape index (κ1) is 25.0. The number of ketones is 1. The van der Waals surface area contributed by atoms with Crippen molar-refractivity contribution in [2.24, 2.45) is 0 Å². The number of Topliss-reactive ketones (excluding diaryl/α,β-unsaturated/α-hetero) is 1. The van der Waals surface area contributed by atoms with Crippen LogP contribution in [0.5, 0.6) is 5.75 Å². The summed E-state index contributed by atoms with van der Waals surface area (Å²) >= 11 is 0. The highest BCUT2D eigenvalue weighted by atomic mass is 19.1. The zero-order valence-electron chi connectivity index (χ0n) is 19.4. The molecule has 1 N–H and O–H groups in total. The van der Waals surface area contributed by atoms with E-state index in [1.54, 1.807) is 57.2 Å². The number of halogens is 1. The summed E-state index contributed by atoms with van der Waals surface area (Å²) in [6.45, 7) is 5.55. The monoisotopic (exact) mass is 469 g/mol. The third-order valence-corrected chi connectivity index (χ3v) is 5.26. The third kappa shape index (κ3) is 6.43. The molecule has 1 heterocycles. The molecule has 7 nitrogen and oxygen atoms in total. The lowest BCUT2D eigenvalue weighted by molar-refractivity contribution is -0.148. The molecule has 1 aliphatic rings. The van der Waals surface area contributed by atoms with Crippen molar-refractivity contribution in [2.75, 3.05) is 6.54 Å². The zero-order chi connectivity index (χ0) is 24.9. The number of amides is 1. The lowest BCUT2D eigenvalue weighted by atomic mass is 9.93. The van der Waals surface area contributed by atoms with Crippen LogP contribution in [0.15, 0.2) is 54.8 Å². The number of hydrogen-bond donors (Lipinski definition) is 1. The van der Waals surface area contributed by atoms with Crippen LogP contribution in [0.1, 0.15) is 39.2 Å². The molecule has 0 bridgehead atoms. The molecule has 0 aromatic heterocycles. The number of hydrogen-bond acceptors (Lipinski definition) is 5. The van der Waals surface area contributed by atoms with Gasteiger partial charge in [0.15, 0.2) is 5.78 Å². The van der Waals surface area contributed by atoms with Gasteiger partial charge in [-0.15, -0.1) is 0 Å². The second kappa shape index (κ2) is 10.5. The molecule has 0 saturated carbocycles. The minimum absolute atomic E-state index is 0.143. The Kier molecular flexibility index (Phi) is 7.71. The van der Waals surface area contributed by atoms with Crippen LogP contribution in [0.2, 0.25) is 0 Å². The molecule has 1 aliphatic heterocycles. The molecular weight excluding hydrogens is 441 g/mol. The molecule has 34 heavy (non-hydrogen) atoms. The third-order valence-electron chi connectivity index (χ3n) is 5.26. The summed E-state index contributed by atoms with van der Waals surface area (Å²) in [5.41, 5.74) is 0.672. The minimum Gasteiger partial charge on any atom is -0.465 e. The Labute approximate surface area is 197 Å². The number of ether oxygens (including phenoxy) is 2. The van der Waals surface area contributed by atoms with E-state index in [1.807, 2.05) is 0 Å². The van der Waals surface area contributed by atoms with Crippen molar-refractivity contribution in [3.05, 3.63) is 66.2 Å². The lowest BCUT2D eigenvalue weighted by Crippen LogP contribution is -2.49. The number of para-hydroxylation sites is 1. The van der Waals surface area contributed by atoms with Gasteiger partial charge in [0.05, 0.1) is 18.4 Å². The summed E-state index contributed by atoms with van der Waals surface area (Å²) in [5, 5.41) is 9.46. The molecule has 0 radical (unpaired) electrons. The van der Waals surface area contributed by atoms with E-state index in [0.29, 0.717) is 36.3 Å². The highest BCUT2D eigenvalue weighted by Crippen LogP contribution is 2.33. The van der Waals surface area contributed by atoms with Gasteiger partial charge in [0.2, 0.25) is 0 Å². The fourth-order valence-corrected chi connectivity index (χ4v) is 3.79. The van der Waals surface area contributed by atoms with E-state index in [9.17, 15) is 23.9 Å². The predicted octanol–water partition coefficient (Wildman–Crippen LogP) is 4.98. The summed E-state index contributed by atoms with van der Waals surface area (Å²) in [4.78, 5) is 37.0. The first-order chi connectivity index (χ1) is 16.0. The number of piperidine rings is 1. The predicted molar refractivity (Wildman–Crippen MR) is 124 cm³/mol. The maximum atomic E-state index is 14.8. The van der Waals surface area contributed by atoms with Gasteiger partial charge in [0.1, 0.15) is 17.2 Å².